The van der Waals surface area contributed by atoms with Crippen LogP contribution in [0, 0.1) is 13.8 Å². The molecule has 1 aliphatic heterocycles. The van der Waals surface area contributed by atoms with Crippen LogP contribution in [0.15, 0.2) is 10.6 Å². The molecule has 3 heterocycles. The van der Waals surface area contributed by atoms with Gasteiger partial charge in [0.05, 0.1) is 6.54 Å². The summed E-state index contributed by atoms with van der Waals surface area (Å²) >= 11 is 0. The standard InChI is InChI=1S/C15H23N7O/c1-4-16-15-17-11(2)9-14(19-15)22-7-5-21(6-8-22)10-13-18-12(3)23-20-13/h9H,4-8,10H2,1-3H3,(H,16,17,19). The summed E-state index contributed by atoms with van der Waals surface area (Å²) in [6.07, 6.45) is 0. The molecule has 1 saturated heterocycles. The van der Waals surface area contributed by atoms with Crippen LogP contribution in [0.4, 0.5) is 11.8 Å². The minimum atomic E-state index is 0.617. The Morgan fingerprint density at radius 1 is 1.13 bits per heavy atom. The van der Waals surface area contributed by atoms with Crippen LogP contribution in [0.2, 0.25) is 0 Å². The maximum Gasteiger partial charge on any atom is 0.224 e. The van der Waals surface area contributed by atoms with Gasteiger partial charge in [-0.3, -0.25) is 4.90 Å². The normalized spacial score (nSPS) is 15.9. The number of anilines is 2. The molecule has 124 valence electrons. The number of hydrogen-bond donors (Lipinski definition) is 1. The molecule has 0 amide bonds. The quantitative estimate of drug-likeness (QED) is 0.881. The molecule has 1 aliphatic rings. The van der Waals surface area contributed by atoms with Gasteiger partial charge in [0.2, 0.25) is 11.8 Å². The second-order valence-electron chi connectivity index (χ2n) is 5.71. The third-order valence-electron chi connectivity index (χ3n) is 3.81. The highest BCUT2D eigenvalue weighted by Gasteiger charge is 2.20. The number of rotatable bonds is 5. The average Bonchev–Trinajstić information content (AvgIpc) is 2.93. The molecular formula is C15H23N7O. The minimum absolute atomic E-state index is 0.617. The van der Waals surface area contributed by atoms with Crippen molar-refractivity contribution in [2.75, 3.05) is 42.9 Å². The summed E-state index contributed by atoms with van der Waals surface area (Å²) in [5.41, 5.74) is 0.982. The predicted octanol–water partition coefficient (Wildman–Crippen LogP) is 1.23. The van der Waals surface area contributed by atoms with Crippen LogP contribution in [-0.2, 0) is 6.54 Å². The Bertz CT molecular complexity index is 649. The van der Waals surface area contributed by atoms with Crippen LogP contribution in [0.5, 0.6) is 0 Å². The maximum atomic E-state index is 5.02. The van der Waals surface area contributed by atoms with E-state index in [1.165, 1.54) is 0 Å². The van der Waals surface area contributed by atoms with E-state index in [9.17, 15) is 0 Å². The van der Waals surface area contributed by atoms with E-state index >= 15 is 0 Å². The number of aromatic nitrogens is 4. The predicted molar refractivity (Wildman–Crippen MR) is 87.5 cm³/mol. The van der Waals surface area contributed by atoms with Crippen LogP contribution >= 0.6 is 0 Å². The minimum Gasteiger partial charge on any atom is -0.354 e. The van der Waals surface area contributed by atoms with Crippen molar-refractivity contribution in [3.63, 3.8) is 0 Å². The Morgan fingerprint density at radius 2 is 1.91 bits per heavy atom. The Hall–Kier alpha value is -2.22. The van der Waals surface area contributed by atoms with Crippen LogP contribution in [0.25, 0.3) is 0 Å². The Balaban J connectivity index is 1.60. The third-order valence-corrected chi connectivity index (χ3v) is 3.81. The number of piperazine rings is 1. The first kappa shape index (κ1) is 15.7. The zero-order valence-corrected chi connectivity index (χ0v) is 13.9. The van der Waals surface area contributed by atoms with E-state index in [4.69, 9.17) is 4.52 Å². The zero-order chi connectivity index (χ0) is 16.2. The topological polar surface area (TPSA) is 83.2 Å². The highest BCUT2D eigenvalue weighted by molar-refractivity contribution is 5.45. The lowest BCUT2D eigenvalue weighted by atomic mass is 10.3. The van der Waals surface area contributed by atoms with Gasteiger partial charge in [0.1, 0.15) is 5.82 Å². The molecule has 8 nitrogen and oxygen atoms in total. The highest BCUT2D eigenvalue weighted by Crippen LogP contribution is 2.17. The van der Waals surface area contributed by atoms with Gasteiger partial charge in [-0.05, 0) is 13.8 Å². The van der Waals surface area contributed by atoms with Gasteiger partial charge in [-0.1, -0.05) is 5.16 Å². The van der Waals surface area contributed by atoms with Gasteiger partial charge in [0.15, 0.2) is 5.82 Å². The Morgan fingerprint density at radius 3 is 2.57 bits per heavy atom. The van der Waals surface area contributed by atoms with Crippen molar-refractivity contribution in [3.8, 4) is 0 Å². The molecule has 0 aromatic carbocycles. The van der Waals surface area contributed by atoms with Gasteiger partial charge in [-0.15, -0.1) is 0 Å². The van der Waals surface area contributed by atoms with Crippen molar-refractivity contribution in [1.29, 1.82) is 0 Å². The summed E-state index contributed by atoms with van der Waals surface area (Å²) in [4.78, 5) is 17.9. The Kier molecular flexibility index (Phi) is 4.71. The third kappa shape index (κ3) is 3.95. The van der Waals surface area contributed by atoms with Gasteiger partial charge in [-0.25, -0.2) is 4.98 Å². The summed E-state index contributed by atoms with van der Waals surface area (Å²) < 4.78 is 5.02. The van der Waals surface area contributed by atoms with Gasteiger partial charge in [0.25, 0.3) is 0 Å². The van der Waals surface area contributed by atoms with E-state index in [-0.39, 0.29) is 0 Å². The van der Waals surface area contributed by atoms with Crippen LogP contribution in [0.3, 0.4) is 0 Å². The van der Waals surface area contributed by atoms with E-state index < -0.39 is 0 Å². The second-order valence-corrected chi connectivity index (χ2v) is 5.71. The zero-order valence-electron chi connectivity index (χ0n) is 13.9. The Labute approximate surface area is 135 Å². The van der Waals surface area contributed by atoms with Crippen molar-refractivity contribution in [3.05, 3.63) is 23.5 Å². The van der Waals surface area contributed by atoms with Gasteiger partial charge in [-0.2, -0.15) is 9.97 Å². The van der Waals surface area contributed by atoms with Gasteiger partial charge < -0.3 is 14.7 Å². The van der Waals surface area contributed by atoms with Crippen LogP contribution in [-0.4, -0.2) is 57.7 Å². The first-order chi connectivity index (χ1) is 11.1. The molecule has 0 bridgehead atoms. The van der Waals surface area contributed by atoms with Crippen LogP contribution in [0.1, 0.15) is 24.3 Å². The number of nitrogens with zero attached hydrogens (tertiary/aromatic N) is 6. The van der Waals surface area contributed by atoms with Gasteiger partial charge in [0, 0.05) is 51.4 Å². The lowest BCUT2D eigenvalue weighted by Gasteiger charge is -2.34. The van der Waals surface area contributed by atoms with Crippen LogP contribution < -0.4 is 10.2 Å². The van der Waals surface area contributed by atoms with Crippen molar-refractivity contribution in [2.45, 2.75) is 27.3 Å². The molecule has 2 aromatic rings. The second kappa shape index (κ2) is 6.91. The lowest BCUT2D eigenvalue weighted by molar-refractivity contribution is 0.239. The molecule has 2 aromatic heterocycles. The molecule has 23 heavy (non-hydrogen) atoms. The van der Waals surface area contributed by atoms with Gasteiger partial charge >= 0.3 is 0 Å². The molecule has 0 atom stereocenters. The van der Waals surface area contributed by atoms with E-state index in [1.54, 1.807) is 0 Å². The number of hydrogen-bond acceptors (Lipinski definition) is 8. The maximum absolute atomic E-state index is 5.02. The largest absolute Gasteiger partial charge is 0.354 e. The highest BCUT2D eigenvalue weighted by atomic mass is 16.5. The van der Waals surface area contributed by atoms with Crippen molar-refractivity contribution in [1.82, 2.24) is 25.0 Å². The summed E-state index contributed by atoms with van der Waals surface area (Å²) in [5, 5.41) is 7.15. The summed E-state index contributed by atoms with van der Waals surface area (Å²) in [7, 11) is 0. The lowest BCUT2D eigenvalue weighted by Crippen LogP contribution is -2.46. The summed E-state index contributed by atoms with van der Waals surface area (Å²) in [6, 6.07) is 2.04. The van der Waals surface area contributed by atoms with Crippen molar-refractivity contribution < 1.29 is 4.52 Å². The average molecular weight is 317 g/mol. The number of nitrogens with one attached hydrogen (secondary N) is 1. The van der Waals surface area contributed by atoms with E-state index in [0.29, 0.717) is 11.8 Å². The molecule has 1 N–H and O–H groups in total. The van der Waals surface area contributed by atoms with E-state index in [1.807, 2.05) is 26.8 Å². The van der Waals surface area contributed by atoms with E-state index in [0.717, 1.165) is 56.6 Å². The smallest absolute Gasteiger partial charge is 0.224 e. The molecule has 0 saturated carbocycles. The molecule has 0 unspecified atom stereocenters. The monoisotopic (exact) mass is 317 g/mol. The molecular weight excluding hydrogens is 294 g/mol. The number of aryl methyl sites for hydroxylation is 2. The molecule has 0 radical (unpaired) electrons. The van der Waals surface area contributed by atoms with Crippen molar-refractivity contribution in [2.24, 2.45) is 0 Å². The fourth-order valence-corrected chi connectivity index (χ4v) is 2.69. The van der Waals surface area contributed by atoms with E-state index in [2.05, 4.69) is 35.2 Å². The summed E-state index contributed by atoms with van der Waals surface area (Å²) in [6.45, 7) is 11.2. The molecule has 0 aliphatic carbocycles. The molecule has 1 fully saturated rings. The first-order valence-electron chi connectivity index (χ1n) is 8.00. The fourth-order valence-electron chi connectivity index (χ4n) is 2.69. The summed E-state index contributed by atoms with van der Waals surface area (Å²) in [5.74, 6) is 3.06. The SMILES string of the molecule is CCNc1nc(C)cc(N2CCN(Cc3noc(C)n3)CC2)n1. The van der Waals surface area contributed by atoms with Crippen molar-refractivity contribution >= 4 is 11.8 Å². The molecule has 3 rings (SSSR count). The first-order valence-corrected chi connectivity index (χ1v) is 8.00. The fraction of sp³-hybridized carbons (Fsp3) is 0.600. The molecule has 8 heteroatoms. The molecule has 0 spiro atoms.